The van der Waals surface area contributed by atoms with Gasteiger partial charge in [-0.2, -0.15) is 0 Å². The minimum Gasteiger partial charge on any atom is -0.321 e. The first-order chi connectivity index (χ1) is 13.7. The molecule has 5 nitrogen and oxygen atoms in total. The van der Waals surface area contributed by atoms with Crippen LogP contribution in [0.2, 0.25) is 0 Å². The van der Waals surface area contributed by atoms with Crippen molar-refractivity contribution in [3.8, 4) is 10.6 Å². The molecule has 0 unspecified atom stereocenters. The number of thiophene rings is 1. The highest BCUT2D eigenvalue weighted by Crippen LogP contribution is 2.25. The zero-order valence-corrected chi connectivity index (χ0v) is 16.2. The lowest BCUT2D eigenvalue weighted by Crippen LogP contribution is -2.11. The van der Waals surface area contributed by atoms with E-state index in [-0.39, 0.29) is 11.8 Å². The fourth-order valence-corrected chi connectivity index (χ4v) is 3.96. The molecule has 0 saturated carbocycles. The van der Waals surface area contributed by atoms with Gasteiger partial charge in [0.05, 0.1) is 11.1 Å². The van der Waals surface area contributed by atoms with Crippen LogP contribution in [-0.2, 0) is 0 Å². The normalized spacial score (nSPS) is 10.4. The van der Waals surface area contributed by atoms with E-state index in [2.05, 4.69) is 15.6 Å². The molecule has 0 radical (unpaired) electrons. The second-order valence-electron chi connectivity index (χ2n) is 5.86. The SMILES string of the molecule is O=C(Nc1ccc(NC(=O)c2cnc(-c3ccccc3)s2)cc1)c1cccs1. The number of hydrogen-bond donors (Lipinski definition) is 2. The molecular formula is C21H15N3O2S2. The number of thiazole rings is 1. The number of benzene rings is 2. The number of rotatable bonds is 5. The minimum absolute atomic E-state index is 0.148. The van der Waals surface area contributed by atoms with Crippen molar-refractivity contribution in [2.24, 2.45) is 0 Å². The van der Waals surface area contributed by atoms with Crippen molar-refractivity contribution in [1.82, 2.24) is 4.98 Å². The number of nitrogens with zero attached hydrogens (tertiary/aromatic N) is 1. The first-order valence-corrected chi connectivity index (χ1v) is 10.2. The predicted molar refractivity (Wildman–Crippen MR) is 114 cm³/mol. The van der Waals surface area contributed by atoms with Gasteiger partial charge in [0.2, 0.25) is 0 Å². The summed E-state index contributed by atoms with van der Waals surface area (Å²) in [7, 11) is 0. The van der Waals surface area contributed by atoms with Crippen molar-refractivity contribution in [2.45, 2.75) is 0 Å². The first-order valence-electron chi connectivity index (χ1n) is 8.46. The van der Waals surface area contributed by atoms with Gasteiger partial charge in [0.15, 0.2) is 0 Å². The third-order valence-electron chi connectivity index (χ3n) is 3.90. The fraction of sp³-hybridized carbons (Fsp3) is 0. The van der Waals surface area contributed by atoms with Gasteiger partial charge in [-0.05, 0) is 35.7 Å². The molecule has 0 saturated heterocycles. The number of hydrogen-bond acceptors (Lipinski definition) is 5. The number of aromatic nitrogens is 1. The summed E-state index contributed by atoms with van der Waals surface area (Å²) in [5.74, 6) is -0.361. The van der Waals surface area contributed by atoms with E-state index >= 15 is 0 Å². The summed E-state index contributed by atoms with van der Waals surface area (Å²) in [6.45, 7) is 0. The van der Waals surface area contributed by atoms with Gasteiger partial charge in [-0.25, -0.2) is 4.98 Å². The molecule has 0 atom stereocenters. The van der Waals surface area contributed by atoms with E-state index < -0.39 is 0 Å². The van der Waals surface area contributed by atoms with Crippen LogP contribution in [0.4, 0.5) is 11.4 Å². The van der Waals surface area contributed by atoms with Crippen LogP contribution in [0.3, 0.4) is 0 Å². The molecule has 2 heterocycles. The van der Waals surface area contributed by atoms with Crippen molar-refractivity contribution in [3.63, 3.8) is 0 Å². The Balaban J connectivity index is 1.40. The summed E-state index contributed by atoms with van der Waals surface area (Å²) >= 11 is 2.73. The standard InChI is InChI=1S/C21H15N3O2S2/c25-19(17-7-4-12-27-17)23-15-8-10-16(11-9-15)24-20(26)18-13-22-21(28-18)14-5-2-1-3-6-14/h1-13H,(H,23,25)(H,24,26). The van der Waals surface area contributed by atoms with Gasteiger partial charge in [0.1, 0.15) is 9.88 Å². The van der Waals surface area contributed by atoms with Crippen molar-refractivity contribution < 1.29 is 9.59 Å². The Kier molecular flexibility index (Phi) is 5.27. The molecule has 28 heavy (non-hydrogen) atoms. The van der Waals surface area contributed by atoms with Gasteiger partial charge < -0.3 is 10.6 Å². The zero-order chi connectivity index (χ0) is 19.3. The van der Waals surface area contributed by atoms with Crippen LogP contribution < -0.4 is 10.6 Å². The summed E-state index contributed by atoms with van der Waals surface area (Å²) in [5, 5.41) is 8.34. The molecule has 0 aliphatic heterocycles. The van der Waals surface area contributed by atoms with Crippen molar-refractivity contribution in [3.05, 3.63) is 88.1 Å². The average Bonchev–Trinajstić information content (AvgIpc) is 3.42. The number of nitrogens with one attached hydrogen (secondary N) is 2. The molecule has 4 rings (SSSR count). The lowest BCUT2D eigenvalue weighted by atomic mass is 10.2. The fourth-order valence-electron chi connectivity index (χ4n) is 2.52. The molecule has 2 amide bonds. The summed E-state index contributed by atoms with van der Waals surface area (Å²) in [5.41, 5.74) is 2.30. The molecule has 7 heteroatoms. The number of amides is 2. The van der Waals surface area contributed by atoms with Crippen molar-refractivity contribution >= 4 is 45.9 Å². The van der Waals surface area contributed by atoms with Crippen LogP contribution >= 0.6 is 22.7 Å². The number of anilines is 2. The van der Waals surface area contributed by atoms with E-state index in [1.165, 1.54) is 22.7 Å². The van der Waals surface area contributed by atoms with Crippen LogP contribution in [0.25, 0.3) is 10.6 Å². The second-order valence-corrected chi connectivity index (χ2v) is 7.84. The average molecular weight is 406 g/mol. The largest absolute Gasteiger partial charge is 0.321 e. The van der Waals surface area contributed by atoms with Gasteiger partial charge >= 0.3 is 0 Å². The van der Waals surface area contributed by atoms with E-state index in [0.717, 1.165) is 10.6 Å². The van der Waals surface area contributed by atoms with Crippen LogP contribution in [0.1, 0.15) is 19.3 Å². The van der Waals surface area contributed by atoms with E-state index in [1.807, 2.05) is 41.8 Å². The van der Waals surface area contributed by atoms with Gasteiger partial charge in [0, 0.05) is 16.9 Å². The maximum atomic E-state index is 12.5. The van der Waals surface area contributed by atoms with E-state index in [4.69, 9.17) is 0 Å². The van der Waals surface area contributed by atoms with Crippen LogP contribution in [0, 0.1) is 0 Å². The Bertz CT molecular complexity index is 1090. The zero-order valence-electron chi connectivity index (χ0n) is 14.6. The highest BCUT2D eigenvalue weighted by atomic mass is 32.1. The predicted octanol–water partition coefficient (Wildman–Crippen LogP) is 5.38. The third-order valence-corrected chi connectivity index (χ3v) is 5.81. The lowest BCUT2D eigenvalue weighted by Gasteiger charge is -2.06. The third kappa shape index (κ3) is 4.16. The van der Waals surface area contributed by atoms with Crippen molar-refractivity contribution in [1.29, 1.82) is 0 Å². The maximum absolute atomic E-state index is 12.5. The van der Waals surface area contributed by atoms with Crippen LogP contribution in [0.5, 0.6) is 0 Å². The Morgan fingerprint density at radius 1 is 0.750 bits per heavy atom. The molecule has 2 aromatic carbocycles. The summed E-state index contributed by atoms with van der Waals surface area (Å²) < 4.78 is 0. The molecule has 4 aromatic rings. The van der Waals surface area contributed by atoms with Gasteiger partial charge in [-0.3, -0.25) is 9.59 Å². The lowest BCUT2D eigenvalue weighted by molar-refractivity contribution is 0.102. The summed E-state index contributed by atoms with van der Waals surface area (Å²) in [6, 6.07) is 20.4. The molecular weight excluding hydrogens is 390 g/mol. The van der Waals surface area contributed by atoms with Crippen molar-refractivity contribution in [2.75, 3.05) is 10.6 Å². The quantitative estimate of drug-likeness (QED) is 0.468. The highest BCUT2D eigenvalue weighted by molar-refractivity contribution is 7.17. The highest BCUT2D eigenvalue weighted by Gasteiger charge is 2.12. The molecule has 0 aliphatic carbocycles. The molecule has 2 N–H and O–H groups in total. The Morgan fingerprint density at radius 3 is 2.00 bits per heavy atom. The molecule has 0 bridgehead atoms. The molecule has 0 fully saturated rings. The summed E-state index contributed by atoms with van der Waals surface area (Å²) in [4.78, 5) is 30.1. The minimum atomic E-state index is -0.213. The molecule has 2 aromatic heterocycles. The van der Waals surface area contributed by atoms with Gasteiger partial charge in [-0.1, -0.05) is 36.4 Å². The Labute approximate surface area is 169 Å². The second kappa shape index (κ2) is 8.16. The monoisotopic (exact) mass is 405 g/mol. The van der Waals surface area contributed by atoms with E-state index in [9.17, 15) is 9.59 Å². The number of carbonyl (C=O) groups excluding carboxylic acids is 2. The maximum Gasteiger partial charge on any atom is 0.267 e. The van der Waals surface area contributed by atoms with Crippen LogP contribution in [-0.4, -0.2) is 16.8 Å². The van der Waals surface area contributed by atoms with E-state index in [0.29, 0.717) is 21.1 Å². The summed E-state index contributed by atoms with van der Waals surface area (Å²) in [6.07, 6.45) is 1.58. The molecule has 138 valence electrons. The van der Waals surface area contributed by atoms with E-state index in [1.54, 1.807) is 36.5 Å². The molecule has 0 spiro atoms. The Morgan fingerprint density at radius 2 is 1.39 bits per heavy atom. The van der Waals surface area contributed by atoms with Gasteiger partial charge in [-0.15, -0.1) is 22.7 Å². The van der Waals surface area contributed by atoms with Crippen LogP contribution in [0.15, 0.2) is 78.3 Å². The smallest absolute Gasteiger partial charge is 0.267 e. The first kappa shape index (κ1) is 18.1. The topological polar surface area (TPSA) is 71.1 Å². The Hall–Kier alpha value is -3.29. The number of carbonyl (C=O) groups is 2. The molecule has 0 aliphatic rings. The van der Waals surface area contributed by atoms with Gasteiger partial charge in [0.25, 0.3) is 11.8 Å².